The number of ether oxygens (including phenoxy) is 1. The molecule has 1 aromatic rings. The SMILES string of the molecule is Cc1cn(C2=C(CO)COC2=O)c(=O)[nH]c1=O. The Morgan fingerprint density at radius 1 is 1.47 bits per heavy atom. The molecule has 0 aliphatic carbocycles. The average molecular weight is 238 g/mol. The molecular weight excluding hydrogens is 228 g/mol. The van der Waals surface area contributed by atoms with Crippen LogP contribution in [0.15, 0.2) is 21.4 Å². The standard InChI is InChI=1S/C10H10N2O5/c1-5-2-12(10(16)11-8(5)14)7-6(3-13)4-17-9(7)15/h2,13H,3-4H2,1H3,(H,11,14,16). The minimum Gasteiger partial charge on any atom is -0.456 e. The van der Waals surface area contributed by atoms with Crippen molar-refractivity contribution in [3.8, 4) is 0 Å². The van der Waals surface area contributed by atoms with Crippen LogP contribution in [-0.4, -0.2) is 33.8 Å². The van der Waals surface area contributed by atoms with Crippen LogP contribution < -0.4 is 11.2 Å². The molecule has 1 aromatic heterocycles. The van der Waals surface area contributed by atoms with E-state index in [-0.39, 0.29) is 24.5 Å². The Kier molecular flexibility index (Phi) is 2.68. The van der Waals surface area contributed by atoms with E-state index in [1.165, 1.54) is 13.1 Å². The molecule has 7 heteroatoms. The summed E-state index contributed by atoms with van der Waals surface area (Å²) >= 11 is 0. The second-order valence-corrected chi connectivity index (χ2v) is 3.63. The number of aromatic amines is 1. The summed E-state index contributed by atoms with van der Waals surface area (Å²) in [5, 5.41) is 9.05. The van der Waals surface area contributed by atoms with Crippen LogP contribution in [0.3, 0.4) is 0 Å². The molecule has 0 fully saturated rings. The lowest BCUT2D eigenvalue weighted by molar-refractivity contribution is -0.134. The number of carbonyl (C=O) groups excluding carboxylic acids is 1. The second kappa shape index (κ2) is 4.02. The molecule has 2 heterocycles. The molecule has 90 valence electrons. The molecular formula is C10H10N2O5. The highest BCUT2D eigenvalue weighted by atomic mass is 16.5. The molecule has 0 saturated heterocycles. The maximum absolute atomic E-state index is 11.6. The van der Waals surface area contributed by atoms with E-state index in [0.29, 0.717) is 5.57 Å². The molecule has 0 saturated carbocycles. The largest absolute Gasteiger partial charge is 0.456 e. The fourth-order valence-electron chi connectivity index (χ4n) is 1.56. The van der Waals surface area contributed by atoms with Crippen LogP contribution >= 0.6 is 0 Å². The molecule has 0 unspecified atom stereocenters. The first-order chi connectivity index (χ1) is 8.04. The third-order valence-corrected chi connectivity index (χ3v) is 2.46. The predicted octanol–water partition coefficient (Wildman–Crippen LogP) is -1.39. The number of esters is 1. The van der Waals surface area contributed by atoms with Crippen LogP contribution in [0.2, 0.25) is 0 Å². The van der Waals surface area contributed by atoms with Gasteiger partial charge in [-0.3, -0.25) is 14.3 Å². The number of hydrogen-bond donors (Lipinski definition) is 2. The van der Waals surface area contributed by atoms with Gasteiger partial charge in [0.05, 0.1) is 6.61 Å². The topological polar surface area (TPSA) is 101 Å². The summed E-state index contributed by atoms with van der Waals surface area (Å²) in [6.07, 6.45) is 1.25. The molecule has 7 nitrogen and oxygen atoms in total. The van der Waals surface area contributed by atoms with Gasteiger partial charge in [-0.2, -0.15) is 0 Å². The quantitative estimate of drug-likeness (QED) is 0.617. The van der Waals surface area contributed by atoms with Crippen LogP contribution in [0.5, 0.6) is 0 Å². The van der Waals surface area contributed by atoms with E-state index in [2.05, 4.69) is 4.98 Å². The Morgan fingerprint density at radius 3 is 2.82 bits per heavy atom. The van der Waals surface area contributed by atoms with Crippen LogP contribution in [0.25, 0.3) is 5.70 Å². The van der Waals surface area contributed by atoms with Crippen molar-refractivity contribution in [2.75, 3.05) is 13.2 Å². The maximum Gasteiger partial charge on any atom is 0.355 e. The number of nitrogens with zero attached hydrogens (tertiary/aromatic N) is 1. The number of cyclic esters (lactones) is 1. The Morgan fingerprint density at radius 2 is 2.18 bits per heavy atom. The summed E-state index contributed by atoms with van der Waals surface area (Å²) in [7, 11) is 0. The number of rotatable bonds is 2. The van der Waals surface area contributed by atoms with Gasteiger partial charge in [0, 0.05) is 17.3 Å². The van der Waals surface area contributed by atoms with Crippen molar-refractivity contribution in [2.24, 2.45) is 0 Å². The Balaban J connectivity index is 2.69. The van der Waals surface area contributed by atoms with Gasteiger partial charge in [0.1, 0.15) is 12.3 Å². The van der Waals surface area contributed by atoms with Crippen LogP contribution in [0.4, 0.5) is 0 Å². The summed E-state index contributed by atoms with van der Waals surface area (Å²) in [5.41, 5.74) is -0.682. The smallest absolute Gasteiger partial charge is 0.355 e. The number of H-pyrrole nitrogens is 1. The third-order valence-electron chi connectivity index (χ3n) is 2.46. The lowest BCUT2D eigenvalue weighted by Crippen LogP contribution is -2.32. The van der Waals surface area contributed by atoms with Gasteiger partial charge in [-0.15, -0.1) is 0 Å². The van der Waals surface area contributed by atoms with Crippen LogP contribution in [0, 0.1) is 6.92 Å². The summed E-state index contributed by atoms with van der Waals surface area (Å²) < 4.78 is 5.71. The highest BCUT2D eigenvalue weighted by Crippen LogP contribution is 2.18. The third kappa shape index (κ3) is 1.80. The highest BCUT2D eigenvalue weighted by Gasteiger charge is 2.27. The van der Waals surface area contributed by atoms with Crippen LogP contribution in [0.1, 0.15) is 5.56 Å². The first-order valence-corrected chi connectivity index (χ1v) is 4.87. The van der Waals surface area contributed by atoms with Crippen molar-refractivity contribution in [2.45, 2.75) is 6.92 Å². The Bertz CT molecular complexity index is 622. The van der Waals surface area contributed by atoms with E-state index in [1.807, 2.05) is 0 Å². The molecule has 0 amide bonds. The number of hydrogen-bond acceptors (Lipinski definition) is 5. The zero-order valence-electron chi connectivity index (χ0n) is 9.02. The molecule has 2 rings (SSSR count). The molecule has 0 aromatic carbocycles. The van der Waals surface area contributed by atoms with Gasteiger partial charge in [-0.1, -0.05) is 0 Å². The van der Waals surface area contributed by atoms with Crippen molar-refractivity contribution < 1.29 is 14.6 Å². The zero-order chi connectivity index (χ0) is 12.6. The second-order valence-electron chi connectivity index (χ2n) is 3.63. The molecule has 1 aliphatic rings. The highest BCUT2D eigenvalue weighted by molar-refractivity contribution is 6.13. The van der Waals surface area contributed by atoms with Crippen LogP contribution in [-0.2, 0) is 9.53 Å². The number of aliphatic hydroxyl groups is 1. The van der Waals surface area contributed by atoms with Gasteiger partial charge in [-0.25, -0.2) is 9.59 Å². The first-order valence-electron chi connectivity index (χ1n) is 4.87. The van der Waals surface area contributed by atoms with Gasteiger partial charge < -0.3 is 9.84 Å². The molecule has 0 radical (unpaired) electrons. The number of aromatic nitrogens is 2. The summed E-state index contributed by atoms with van der Waals surface area (Å²) in [6, 6.07) is 0. The monoisotopic (exact) mass is 238 g/mol. The maximum atomic E-state index is 11.6. The number of carbonyl (C=O) groups is 1. The number of aliphatic hydroxyl groups excluding tert-OH is 1. The zero-order valence-corrected chi connectivity index (χ0v) is 9.02. The summed E-state index contributed by atoms with van der Waals surface area (Å²) in [4.78, 5) is 36.3. The Hall–Kier alpha value is -2.15. The molecule has 2 N–H and O–H groups in total. The van der Waals surface area contributed by atoms with E-state index in [9.17, 15) is 14.4 Å². The van der Waals surface area contributed by atoms with Gasteiger partial charge in [0.2, 0.25) is 0 Å². The van der Waals surface area contributed by atoms with Gasteiger partial charge in [0.15, 0.2) is 0 Å². The first kappa shape index (κ1) is 11.3. The molecule has 1 aliphatic heterocycles. The van der Waals surface area contributed by atoms with E-state index >= 15 is 0 Å². The molecule has 0 atom stereocenters. The molecule has 0 bridgehead atoms. The molecule has 17 heavy (non-hydrogen) atoms. The van der Waals surface area contributed by atoms with Gasteiger partial charge in [-0.05, 0) is 6.92 Å². The van der Waals surface area contributed by atoms with Crippen molar-refractivity contribution in [1.82, 2.24) is 9.55 Å². The van der Waals surface area contributed by atoms with Crippen molar-refractivity contribution in [3.05, 3.63) is 38.2 Å². The lowest BCUT2D eigenvalue weighted by Gasteiger charge is -2.05. The van der Waals surface area contributed by atoms with Gasteiger partial charge in [0.25, 0.3) is 5.56 Å². The minimum absolute atomic E-state index is 0.0307. The number of nitrogens with one attached hydrogen (secondary N) is 1. The normalized spacial score (nSPS) is 15.3. The fraction of sp³-hybridized carbons (Fsp3) is 0.300. The van der Waals surface area contributed by atoms with E-state index in [1.54, 1.807) is 0 Å². The summed E-state index contributed by atoms with van der Waals surface area (Å²) in [5.74, 6) is -0.692. The lowest BCUT2D eigenvalue weighted by atomic mass is 10.2. The fourth-order valence-corrected chi connectivity index (χ4v) is 1.56. The minimum atomic E-state index is -0.736. The summed E-state index contributed by atoms with van der Waals surface area (Å²) in [6.45, 7) is 1.08. The van der Waals surface area contributed by atoms with E-state index in [0.717, 1.165) is 4.57 Å². The van der Waals surface area contributed by atoms with Gasteiger partial charge >= 0.3 is 11.7 Å². The predicted molar refractivity (Wildman–Crippen MR) is 57.3 cm³/mol. The number of aryl methyl sites for hydroxylation is 1. The average Bonchev–Trinajstić information content (AvgIpc) is 2.65. The van der Waals surface area contributed by atoms with E-state index < -0.39 is 17.2 Å². The van der Waals surface area contributed by atoms with E-state index in [4.69, 9.17) is 9.84 Å². The van der Waals surface area contributed by atoms with Crippen molar-refractivity contribution in [1.29, 1.82) is 0 Å². The molecule has 0 spiro atoms. The Labute approximate surface area is 95.0 Å². The van der Waals surface area contributed by atoms with Crippen molar-refractivity contribution in [3.63, 3.8) is 0 Å². The van der Waals surface area contributed by atoms with Crippen molar-refractivity contribution >= 4 is 11.7 Å².